The number of rotatable bonds is 4. The summed E-state index contributed by atoms with van der Waals surface area (Å²) in [7, 11) is 0. The second-order valence-corrected chi connectivity index (χ2v) is 6.29. The van der Waals surface area contributed by atoms with Crippen LogP contribution in [0.1, 0.15) is 38.9 Å². The molecule has 3 nitrogen and oxygen atoms in total. The lowest BCUT2D eigenvalue weighted by Crippen LogP contribution is -2.24. The fourth-order valence-electron chi connectivity index (χ4n) is 2.19. The molecular formula is C19H22O3. The fourth-order valence-corrected chi connectivity index (χ4v) is 2.19. The van der Waals surface area contributed by atoms with Gasteiger partial charge < -0.3 is 9.84 Å². The summed E-state index contributed by atoms with van der Waals surface area (Å²) in [6.07, 6.45) is -0.887. The van der Waals surface area contributed by atoms with Crippen molar-refractivity contribution in [1.29, 1.82) is 0 Å². The van der Waals surface area contributed by atoms with Crippen molar-refractivity contribution >= 4 is 5.97 Å². The fraction of sp³-hybridized carbons (Fsp3) is 0.316. The summed E-state index contributed by atoms with van der Waals surface area (Å²) in [5.74, 6) is -0.396. The maximum Gasteiger partial charge on any atom is 0.309 e. The molecule has 0 aliphatic heterocycles. The van der Waals surface area contributed by atoms with Gasteiger partial charge >= 0.3 is 5.97 Å². The van der Waals surface area contributed by atoms with Crippen LogP contribution in [0.4, 0.5) is 0 Å². The SMILES string of the molecule is CC(C)(C)OC(=O)CC(O)c1ccc(-c2ccccc2)cc1. The van der Waals surface area contributed by atoms with Gasteiger partial charge in [0, 0.05) is 0 Å². The number of aliphatic hydroxyl groups excluding tert-OH is 1. The third-order valence-corrected chi connectivity index (χ3v) is 3.18. The van der Waals surface area contributed by atoms with E-state index in [9.17, 15) is 9.90 Å². The van der Waals surface area contributed by atoms with Gasteiger partial charge in [-0.15, -0.1) is 0 Å². The van der Waals surface area contributed by atoms with E-state index < -0.39 is 17.7 Å². The van der Waals surface area contributed by atoms with Gasteiger partial charge in [0.25, 0.3) is 0 Å². The third kappa shape index (κ3) is 4.71. The largest absolute Gasteiger partial charge is 0.460 e. The summed E-state index contributed by atoms with van der Waals surface area (Å²) in [5.41, 5.74) is 2.38. The predicted octanol–water partition coefficient (Wildman–Crippen LogP) is 4.12. The van der Waals surface area contributed by atoms with Crippen molar-refractivity contribution in [3.63, 3.8) is 0 Å². The zero-order valence-corrected chi connectivity index (χ0v) is 13.2. The number of aliphatic hydroxyl groups is 1. The summed E-state index contributed by atoms with van der Waals surface area (Å²) in [5, 5.41) is 10.1. The number of carbonyl (C=O) groups excluding carboxylic acids is 1. The van der Waals surface area contributed by atoms with Crippen LogP contribution in [0, 0.1) is 0 Å². The minimum absolute atomic E-state index is 0.0397. The number of hydrogen-bond acceptors (Lipinski definition) is 3. The minimum Gasteiger partial charge on any atom is -0.460 e. The van der Waals surface area contributed by atoms with E-state index in [-0.39, 0.29) is 6.42 Å². The maximum atomic E-state index is 11.7. The van der Waals surface area contributed by atoms with Gasteiger partial charge in [-0.25, -0.2) is 0 Å². The summed E-state index contributed by atoms with van der Waals surface area (Å²) < 4.78 is 5.22. The quantitative estimate of drug-likeness (QED) is 0.864. The van der Waals surface area contributed by atoms with E-state index in [0.29, 0.717) is 5.56 Å². The molecule has 1 unspecified atom stereocenters. The maximum absolute atomic E-state index is 11.7. The van der Waals surface area contributed by atoms with Gasteiger partial charge in [-0.2, -0.15) is 0 Å². The molecule has 116 valence electrons. The molecule has 0 radical (unpaired) electrons. The van der Waals surface area contributed by atoms with E-state index >= 15 is 0 Å². The van der Waals surface area contributed by atoms with Gasteiger partial charge in [0.2, 0.25) is 0 Å². The third-order valence-electron chi connectivity index (χ3n) is 3.18. The zero-order valence-electron chi connectivity index (χ0n) is 13.2. The van der Waals surface area contributed by atoms with E-state index in [1.54, 1.807) is 0 Å². The molecule has 0 heterocycles. The molecule has 0 amide bonds. The van der Waals surface area contributed by atoms with Crippen LogP contribution in [0.5, 0.6) is 0 Å². The Morgan fingerprint density at radius 3 is 2.09 bits per heavy atom. The standard InChI is InChI=1S/C19H22O3/c1-19(2,3)22-18(21)13-17(20)16-11-9-15(10-12-16)14-7-5-4-6-8-14/h4-12,17,20H,13H2,1-3H3. The number of benzene rings is 2. The summed E-state index contributed by atoms with van der Waals surface area (Å²) in [6, 6.07) is 17.6. The Morgan fingerprint density at radius 2 is 1.55 bits per heavy atom. The van der Waals surface area contributed by atoms with Crippen LogP contribution >= 0.6 is 0 Å². The van der Waals surface area contributed by atoms with Gasteiger partial charge in [-0.3, -0.25) is 4.79 Å². The van der Waals surface area contributed by atoms with Crippen molar-refractivity contribution < 1.29 is 14.6 Å². The molecule has 3 heteroatoms. The summed E-state index contributed by atoms with van der Waals surface area (Å²) >= 11 is 0. The van der Waals surface area contributed by atoms with Crippen molar-refractivity contribution in [2.75, 3.05) is 0 Å². The van der Waals surface area contributed by atoms with Crippen LogP contribution in [0.3, 0.4) is 0 Å². The Hall–Kier alpha value is -2.13. The van der Waals surface area contributed by atoms with Crippen molar-refractivity contribution in [2.24, 2.45) is 0 Å². The molecule has 2 aromatic rings. The number of carbonyl (C=O) groups is 1. The Kier molecular flexibility index (Phi) is 4.99. The van der Waals surface area contributed by atoms with Crippen LogP contribution in [0.25, 0.3) is 11.1 Å². The first-order chi connectivity index (χ1) is 10.3. The molecule has 0 saturated heterocycles. The number of ether oxygens (including phenoxy) is 1. The van der Waals surface area contributed by atoms with E-state index in [1.807, 2.05) is 75.4 Å². The molecule has 1 atom stereocenters. The van der Waals surface area contributed by atoms with E-state index in [1.165, 1.54) is 0 Å². The highest BCUT2D eigenvalue weighted by atomic mass is 16.6. The molecule has 2 rings (SSSR count). The van der Waals surface area contributed by atoms with Gasteiger partial charge in [-0.05, 0) is 37.5 Å². The van der Waals surface area contributed by atoms with Crippen LogP contribution in [0.15, 0.2) is 54.6 Å². The topological polar surface area (TPSA) is 46.5 Å². The lowest BCUT2D eigenvalue weighted by atomic mass is 10.0. The average molecular weight is 298 g/mol. The Morgan fingerprint density at radius 1 is 1.00 bits per heavy atom. The minimum atomic E-state index is -0.848. The zero-order chi connectivity index (χ0) is 16.2. The van der Waals surface area contributed by atoms with E-state index in [4.69, 9.17) is 4.74 Å². The molecule has 1 N–H and O–H groups in total. The summed E-state index contributed by atoms with van der Waals surface area (Å²) in [6.45, 7) is 5.43. The monoisotopic (exact) mass is 298 g/mol. The Labute approximate surface area is 131 Å². The first-order valence-corrected chi connectivity index (χ1v) is 7.40. The molecular weight excluding hydrogens is 276 g/mol. The van der Waals surface area contributed by atoms with Crippen LogP contribution in [-0.4, -0.2) is 16.7 Å². The first-order valence-electron chi connectivity index (χ1n) is 7.40. The van der Waals surface area contributed by atoms with Gasteiger partial charge in [0.1, 0.15) is 5.60 Å². The summed E-state index contributed by atoms with van der Waals surface area (Å²) in [4.78, 5) is 11.7. The highest BCUT2D eigenvalue weighted by Gasteiger charge is 2.20. The number of hydrogen-bond donors (Lipinski definition) is 1. The van der Waals surface area contributed by atoms with Crippen molar-refractivity contribution in [3.8, 4) is 11.1 Å². The molecule has 2 aromatic carbocycles. The lowest BCUT2D eigenvalue weighted by Gasteiger charge is -2.20. The Balaban J connectivity index is 2.02. The predicted molar refractivity (Wildman–Crippen MR) is 87.3 cm³/mol. The van der Waals surface area contributed by atoms with Crippen molar-refractivity contribution in [1.82, 2.24) is 0 Å². The highest BCUT2D eigenvalue weighted by Crippen LogP contribution is 2.24. The lowest BCUT2D eigenvalue weighted by molar-refractivity contribution is -0.157. The van der Waals surface area contributed by atoms with Crippen molar-refractivity contribution in [3.05, 3.63) is 60.2 Å². The van der Waals surface area contributed by atoms with Gasteiger partial charge in [0.05, 0.1) is 12.5 Å². The highest BCUT2D eigenvalue weighted by molar-refractivity contribution is 5.71. The average Bonchev–Trinajstić information content (AvgIpc) is 2.46. The van der Waals surface area contributed by atoms with Crippen LogP contribution in [0.2, 0.25) is 0 Å². The normalized spacial score (nSPS) is 12.7. The van der Waals surface area contributed by atoms with E-state index in [0.717, 1.165) is 11.1 Å². The molecule has 0 bridgehead atoms. The molecule has 0 aromatic heterocycles. The van der Waals surface area contributed by atoms with Crippen LogP contribution < -0.4 is 0 Å². The van der Waals surface area contributed by atoms with Gasteiger partial charge in [-0.1, -0.05) is 54.6 Å². The molecule has 0 fully saturated rings. The molecule has 0 aliphatic rings. The van der Waals surface area contributed by atoms with E-state index in [2.05, 4.69) is 0 Å². The van der Waals surface area contributed by atoms with Crippen molar-refractivity contribution in [2.45, 2.75) is 38.9 Å². The molecule has 0 aliphatic carbocycles. The Bertz CT molecular complexity index is 609. The smallest absolute Gasteiger partial charge is 0.309 e. The molecule has 22 heavy (non-hydrogen) atoms. The van der Waals surface area contributed by atoms with Crippen LogP contribution in [-0.2, 0) is 9.53 Å². The second kappa shape index (κ2) is 6.75. The second-order valence-electron chi connectivity index (χ2n) is 6.29. The molecule has 0 spiro atoms. The number of esters is 1. The van der Waals surface area contributed by atoms with Gasteiger partial charge in [0.15, 0.2) is 0 Å². The molecule has 0 saturated carbocycles. The first kappa shape index (κ1) is 16.2.